The van der Waals surface area contributed by atoms with Gasteiger partial charge in [0, 0.05) is 30.3 Å². The van der Waals surface area contributed by atoms with Gasteiger partial charge in [-0.2, -0.15) is 37.9 Å². The van der Waals surface area contributed by atoms with Crippen molar-refractivity contribution in [1.82, 2.24) is 63.0 Å². The predicted octanol–water partition coefficient (Wildman–Crippen LogP) is -9.17. The molecule has 2 saturated heterocycles. The van der Waals surface area contributed by atoms with Crippen molar-refractivity contribution in [2.45, 2.75) is 163 Å². The molecule has 0 spiro atoms. The van der Waals surface area contributed by atoms with Crippen molar-refractivity contribution in [3.8, 4) is 5.75 Å². The van der Waals surface area contributed by atoms with Crippen LogP contribution in [-0.2, 0) is 78.3 Å². The summed E-state index contributed by atoms with van der Waals surface area (Å²) in [7, 11) is 0. The number of hydrogen-bond acceptors (Lipinski definition) is 24. The Morgan fingerprint density at radius 3 is 1.48 bits per heavy atom. The molecule has 2 aliphatic rings. The van der Waals surface area contributed by atoms with Gasteiger partial charge in [0.2, 0.25) is 76.8 Å². The van der Waals surface area contributed by atoms with Crippen LogP contribution in [0.2, 0.25) is 0 Å². The third-order valence-corrected chi connectivity index (χ3v) is 15.9. The van der Waals surface area contributed by atoms with Crippen molar-refractivity contribution in [2.75, 3.05) is 50.0 Å². The van der Waals surface area contributed by atoms with Gasteiger partial charge in [0.15, 0.2) is 0 Å². The van der Waals surface area contributed by atoms with Crippen LogP contribution >= 0.6 is 37.9 Å². The van der Waals surface area contributed by atoms with E-state index in [1.54, 1.807) is 12.1 Å². The van der Waals surface area contributed by atoms with E-state index in [-0.39, 0.29) is 69.7 Å². The van der Waals surface area contributed by atoms with Crippen LogP contribution in [0, 0.1) is 0 Å². The number of benzene rings is 1. The molecule has 22 N–H and O–H groups in total. The first-order valence-corrected chi connectivity index (χ1v) is 31.6. The number of unbranched alkanes of at least 4 members (excludes halogenated alkanes) is 1. The Kier molecular flexibility index (Phi) is 33.8. The number of nitrogens with zero attached hydrogens (tertiary/aromatic N) is 2. The Balaban J connectivity index is 1.68. The number of hydrogen-bond donors (Lipinski definition) is 22. The van der Waals surface area contributed by atoms with Crippen molar-refractivity contribution in [3.63, 3.8) is 0 Å². The van der Waals surface area contributed by atoms with Gasteiger partial charge in [-0.15, -0.1) is 0 Å². The molecule has 0 saturated carbocycles. The van der Waals surface area contributed by atoms with E-state index >= 15 is 0 Å². The van der Waals surface area contributed by atoms with Crippen molar-refractivity contribution >= 4 is 127 Å². The minimum absolute atomic E-state index is 0.0164. The van der Waals surface area contributed by atoms with Crippen LogP contribution in [-0.4, -0.2) is 264 Å². The Morgan fingerprint density at radius 2 is 1.02 bits per heavy atom. The first-order chi connectivity index (χ1) is 44.3. The second-order valence-corrected chi connectivity index (χ2v) is 23.2. The molecule has 39 heteroatoms. The van der Waals surface area contributed by atoms with E-state index in [2.05, 4.69) is 80.4 Å². The van der Waals surface area contributed by atoms with E-state index in [0.29, 0.717) is 18.4 Å². The summed E-state index contributed by atoms with van der Waals surface area (Å²) in [4.78, 5) is 199. The molecule has 1 aromatic rings. The number of nitrogens with one attached hydrogen (secondary N) is 10. The Labute approximate surface area is 555 Å². The first kappa shape index (κ1) is 80.2. The lowest BCUT2D eigenvalue weighted by Gasteiger charge is -2.32. The summed E-state index contributed by atoms with van der Waals surface area (Å²) in [6, 6.07) is -12.7. The molecule has 2 heterocycles. The summed E-state index contributed by atoms with van der Waals surface area (Å²) < 4.78 is 0. The highest BCUT2D eigenvalue weighted by Gasteiger charge is 2.43. The number of likely N-dealkylation sites (tertiary alicyclic amines) is 2. The maximum absolute atomic E-state index is 14.4. The highest BCUT2D eigenvalue weighted by molar-refractivity contribution is 7.80. The number of aromatic hydroxyl groups is 1. The smallest absolute Gasteiger partial charge is 0.326 e. The number of thiol groups is 3. The summed E-state index contributed by atoms with van der Waals surface area (Å²) in [6.45, 7) is 0.488. The predicted molar refractivity (Wildman–Crippen MR) is 338 cm³/mol. The molecule has 1 aromatic carbocycles. The van der Waals surface area contributed by atoms with Crippen LogP contribution in [0.4, 0.5) is 0 Å². The van der Waals surface area contributed by atoms with Crippen molar-refractivity contribution < 1.29 is 103 Å². The number of rotatable bonds is 39. The highest BCUT2D eigenvalue weighted by atomic mass is 32.1. The number of phenolic OH excluding ortho intramolecular Hbond substituents is 1. The molecule has 524 valence electrons. The highest BCUT2D eigenvalue weighted by Crippen LogP contribution is 2.22. The molecule has 2 aliphatic heterocycles. The zero-order chi connectivity index (χ0) is 70.7. The number of phenols is 1. The zero-order valence-electron chi connectivity index (χ0n) is 51.4. The van der Waals surface area contributed by atoms with Gasteiger partial charge < -0.3 is 111 Å². The monoisotopic (exact) mass is 1390 g/mol. The number of primary amides is 1. The number of carbonyl (C=O) groups excluding carboxylic acids is 13. The van der Waals surface area contributed by atoms with Crippen LogP contribution in [0.1, 0.15) is 77.2 Å². The first-order valence-electron chi connectivity index (χ1n) is 29.7. The quantitative estimate of drug-likeness (QED) is 0.0215. The fraction of sp³-hybridized carbons (Fsp3) is 0.618. The Bertz CT molecular complexity index is 2880. The van der Waals surface area contributed by atoms with Crippen LogP contribution in [0.25, 0.3) is 0 Å². The van der Waals surface area contributed by atoms with Gasteiger partial charge >= 0.3 is 11.9 Å². The van der Waals surface area contributed by atoms with Gasteiger partial charge in [-0.25, -0.2) is 4.79 Å². The van der Waals surface area contributed by atoms with E-state index in [1.807, 2.05) is 10.6 Å². The van der Waals surface area contributed by atoms with Crippen molar-refractivity contribution in [1.29, 1.82) is 0 Å². The van der Waals surface area contributed by atoms with Gasteiger partial charge in [-0.3, -0.25) is 67.1 Å². The van der Waals surface area contributed by atoms with Crippen LogP contribution in [0.3, 0.4) is 0 Å². The third kappa shape index (κ3) is 25.0. The number of carbonyl (C=O) groups is 15. The molecule has 0 aliphatic carbocycles. The standard InChI is InChI=1S/C55H85N15O21S3/c1-25(72)42(67-48(83)36(24-94)66-47(82)35(23-93)65-46(81)34(22-92)64-45(80)33(21-71)63-49(84)37-8-5-15-69(37)53(88)29(57)17-27-10-12-28(74)13-11-27)51(86)61-30(7-3-4-14-56)54(89)70-16-6-9-38(70)50(85)68-43(26(2)73)52(87)62-31(19-41(77)78)44(79)59-20-40(76)60-32(55(90)91)18-39(58)75/h10-13,25-26,29-38,42-43,71-74,92-94H,3-9,14-24,56-57H2,1-2H3,(H2,58,75)(H,59,79)(H,60,76)(H,61,86)(H,62,87)(H,63,84)(H,64,80)(H,65,81)(H,66,82)(H,67,83)(H,68,85)(H,77,78)(H,90,91). The Hall–Kier alpha value is -8.08. The summed E-state index contributed by atoms with van der Waals surface area (Å²) in [5, 5.41) is 82.5. The van der Waals surface area contributed by atoms with Gasteiger partial charge in [-0.1, -0.05) is 12.1 Å². The number of amides is 13. The number of aliphatic hydroxyl groups is 3. The number of carboxylic acids is 2. The molecule has 94 heavy (non-hydrogen) atoms. The van der Waals surface area contributed by atoms with Gasteiger partial charge in [-0.05, 0) is 89.5 Å². The number of aliphatic carboxylic acids is 2. The SMILES string of the molecule is CC(O)C(NC(=O)C(CS)NC(=O)C(CS)NC(=O)C(CS)NC(=O)C(CO)NC(=O)C1CCCN1C(=O)C(N)Cc1ccc(O)cc1)C(=O)NC(CCCCN)C(=O)N1CCCC1C(=O)NC(C(=O)NC(CC(=O)O)C(=O)NCC(=O)NC(CC(N)=O)C(=O)O)C(C)O. The largest absolute Gasteiger partial charge is 0.508 e. The zero-order valence-corrected chi connectivity index (χ0v) is 54.1. The molecular weight excluding hydrogens is 1300 g/mol. The molecule has 2 fully saturated rings. The van der Waals surface area contributed by atoms with Crippen LogP contribution in [0.15, 0.2) is 24.3 Å². The second kappa shape index (κ2) is 39.6. The molecular formula is C55H85N15O21S3. The number of carboxylic acid groups (broad SMARTS) is 2. The lowest BCUT2D eigenvalue weighted by atomic mass is 10.0. The average molecular weight is 1390 g/mol. The third-order valence-electron chi connectivity index (χ3n) is 14.8. The van der Waals surface area contributed by atoms with E-state index < -0.39 is 211 Å². The molecule has 3 rings (SSSR count). The minimum Gasteiger partial charge on any atom is -0.508 e. The molecule has 14 unspecified atom stereocenters. The van der Waals surface area contributed by atoms with Gasteiger partial charge in [0.05, 0.1) is 44.2 Å². The van der Waals surface area contributed by atoms with Crippen LogP contribution < -0.4 is 70.4 Å². The number of nitrogens with two attached hydrogens (primary N) is 3. The fourth-order valence-corrected chi connectivity index (χ4v) is 10.5. The molecule has 36 nitrogen and oxygen atoms in total. The fourth-order valence-electron chi connectivity index (χ4n) is 9.76. The normalized spacial score (nSPS) is 18.2. The van der Waals surface area contributed by atoms with E-state index in [4.69, 9.17) is 17.2 Å². The number of aliphatic hydroxyl groups excluding tert-OH is 3. The van der Waals surface area contributed by atoms with E-state index in [9.17, 15) is 103 Å². The maximum atomic E-state index is 14.4. The lowest BCUT2D eigenvalue weighted by Crippen LogP contribution is -2.63. The average Bonchev–Trinajstić information content (AvgIpc) is 1.61. The molecule has 13 amide bonds. The topological polar surface area (TPSA) is 582 Å². The second-order valence-electron chi connectivity index (χ2n) is 22.1. The summed E-state index contributed by atoms with van der Waals surface area (Å²) in [6.07, 6.45) is -4.03. The van der Waals surface area contributed by atoms with Crippen molar-refractivity contribution in [3.05, 3.63) is 29.8 Å². The van der Waals surface area contributed by atoms with Gasteiger partial charge in [0.25, 0.3) is 0 Å². The molecule has 14 atom stereocenters. The lowest BCUT2D eigenvalue weighted by molar-refractivity contribution is -0.144. The summed E-state index contributed by atoms with van der Waals surface area (Å²) in [5.74, 6) is -17.8. The molecule has 0 aromatic heterocycles. The summed E-state index contributed by atoms with van der Waals surface area (Å²) >= 11 is 12.5. The van der Waals surface area contributed by atoms with E-state index in [0.717, 1.165) is 18.7 Å². The minimum atomic E-state index is -1.96. The van der Waals surface area contributed by atoms with Gasteiger partial charge in [0.1, 0.15) is 72.2 Å². The van der Waals surface area contributed by atoms with E-state index in [1.165, 1.54) is 17.0 Å². The summed E-state index contributed by atoms with van der Waals surface area (Å²) in [5.41, 5.74) is 17.6. The molecule has 0 bridgehead atoms. The van der Waals surface area contributed by atoms with Crippen LogP contribution in [0.5, 0.6) is 5.75 Å². The maximum Gasteiger partial charge on any atom is 0.326 e. The molecule has 0 radical (unpaired) electrons. The van der Waals surface area contributed by atoms with Crippen molar-refractivity contribution in [2.24, 2.45) is 17.2 Å². The Morgan fingerprint density at radius 1 is 0.564 bits per heavy atom.